The first-order chi connectivity index (χ1) is 13.7. The summed E-state index contributed by atoms with van der Waals surface area (Å²) in [7, 11) is 1.79. The van der Waals surface area contributed by atoms with E-state index in [0.717, 1.165) is 44.2 Å². The number of ether oxygens (including phenoxy) is 1. The first-order valence-electron chi connectivity index (χ1n) is 10.3. The molecule has 0 spiro atoms. The molecule has 3 N–H and O–H groups in total. The van der Waals surface area contributed by atoms with Crippen molar-refractivity contribution in [1.82, 2.24) is 20.6 Å². The molecule has 6 nitrogen and oxygen atoms in total. The lowest BCUT2D eigenvalue weighted by Gasteiger charge is -2.37. The largest absolute Gasteiger partial charge is 0.380 e. The summed E-state index contributed by atoms with van der Waals surface area (Å²) < 4.78 is 5.74. The fourth-order valence-electron chi connectivity index (χ4n) is 4.70. The number of carbonyl (C=O) groups excluding carboxylic acids is 1. The smallest absolute Gasteiger partial charge is 0.223 e. The number of hydrogen-bond acceptors (Lipinski definition) is 4. The number of imidazole rings is 1. The Hall–Kier alpha value is -2.18. The molecule has 0 saturated heterocycles. The van der Waals surface area contributed by atoms with Crippen LogP contribution in [0.15, 0.2) is 36.8 Å². The molecule has 1 fully saturated rings. The molecule has 3 atom stereocenters. The van der Waals surface area contributed by atoms with Crippen LogP contribution in [0.2, 0.25) is 0 Å². The molecule has 1 aromatic carbocycles. The van der Waals surface area contributed by atoms with Gasteiger partial charge in [-0.1, -0.05) is 24.3 Å². The maximum atomic E-state index is 12.7. The number of aromatic amines is 1. The molecular weight excluding hydrogens is 352 g/mol. The van der Waals surface area contributed by atoms with Crippen molar-refractivity contribution < 1.29 is 9.53 Å². The highest BCUT2D eigenvalue weighted by molar-refractivity contribution is 5.78. The number of H-pyrrole nitrogens is 1. The molecule has 150 valence electrons. The van der Waals surface area contributed by atoms with Gasteiger partial charge in [-0.2, -0.15) is 0 Å². The van der Waals surface area contributed by atoms with Crippen LogP contribution in [0.1, 0.15) is 36.1 Å². The summed E-state index contributed by atoms with van der Waals surface area (Å²) >= 11 is 0. The van der Waals surface area contributed by atoms with Crippen molar-refractivity contribution in [2.24, 2.45) is 5.92 Å². The average molecular weight is 383 g/mol. The normalized spacial score (nSPS) is 24.8. The zero-order valence-corrected chi connectivity index (χ0v) is 16.5. The monoisotopic (exact) mass is 382 g/mol. The predicted molar refractivity (Wildman–Crippen MR) is 108 cm³/mol. The molecule has 0 radical (unpaired) electrons. The van der Waals surface area contributed by atoms with Gasteiger partial charge in [0, 0.05) is 50.0 Å². The number of aromatic nitrogens is 2. The van der Waals surface area contributed by atoms with E-state index in [1.807, 2.05) is 0 Å². The van der Waals surface area contributed by atoms with Crippen LogP contribution in [0.3, 0.4) is 0 Å². The van der Waals surface area contributed by atoms with Crippen LogP contribution in [-0.2, 0) is 28.8 Å². The summed E-state index contributed by atoms with van der Waals surface area (Å²) in [6.45, 7) is 0.640. The van der Waals surface area contributed by atoms with Gasteiger partial charge in [-0.3, -0.25) is 4.79 Å². The van der Waals surface area contributed by atoms with E-state index in [0.29, 0.717) is 12.6 Å². The van der Waals surface area contributed by atoms with E-state index in [2.05, 4.69) is 44.9 Å². The second-order valence-corrected chi connectivity index (χ2v) is 8.05. The Labute approximate surface area is 166 Å². The van der Waals surface area contributed by atoms with Gasteiger partial charge in [-0.05, 0) is 43.2 Å². The van der Waals surface area contributed by atoms with Gasteiger partial charge in [0.2, 0.25) is 5.91 Å². The number of benzene rings is 1. The van der Waals surface area contributed by atoms with Gasteiger partial charge >= 0.3 is 0 Å². The fraction of sp³-hybridized carbons (Fsp3) is 0.545. The number of hydrogen-bond donors (Lipinski definition) is 3. The summed E-state index contributed by atoms with van der Waals surface area (Å²) in [5.41, 5.74) is 3.93. The van der Waals surface area contributed by atoms with E-state index < -0.39 is 0 Å². The van der Waals surface area contributed by atoms with Gasteiger partial charge in [0.1, 0.15) is 0 Å². The van der Waals surface area contributed by atoms with Crippen LogP contribution < -0.4 is 10.6 Å². The number of fused-ring (bicyclic) bond motifs is 1. The molecule has 0 unspecified atom stereocenters. The molecule has 2 aliphatic carbocycles. The molecular formula is C22H30N4O2. The van der Waals surface area contributed by atoms with Gasteiger partial charge in [0.15, 0.2) is 0 Å². The maximum Gasteiger partial charge on any atom is 0.223 e. The standard InChI is InChI=1S/C22H30N4O2/c1-28-21-7-6-17(22(27)24-9-8-18-13-23-14-25-18)12-20(21)26-19-10-15-4-2-3-5-16(15)11-19/h2-5,13-14,17,19-21,26H,6-12H2,1H3,(H,23,25)(H,24,27)/t17-,20+,21+/m0/s1. The van der Waals surface area contributed by atoms with Crippen LogP contribution in [0.5, 0.6) is 0 Å². The Kier molecular flexibility index (Phi) is 6.07. The highest BCUT2D eigenvalue weighted by Crippen LogP contribution is 2.29. The van der Waals surface area contributed by atoms with Crippen LogP contribution in [-0.4, -0.2) is 47.7 Å². The number of methoxy groups -OCH3 is 1. The lowest BCUT2D eigenvalue weighted by Crippen LogP contribution is -2.51. The molecule has 2 aliphatic rings. The zero-order chi connectivity index (χ0) is 19.3. The van der Waals surface area contributed by atoms with E-state index in [1.165, 1.54) is 11.1 Å². The van der Waals surface area contributed by atoms with Crippen molar-refractivity contribution in [2.75, 3.05) is 13.7 Å². The highest BCUT2D eigenvalue weighted by atomic mass is 16.5. The van der Waals surface area contributed by atoms with Gasteiger partial charge in [-0.25, -0.2) is 4.98 Å². The quantitative estimate of drug-likeness (QED) is 0.684. The average Bonchev–Trinajstić information content (AvgIpc) is 3.37. The van der Waals surface area contributed by atoms with Crippen LogP contribution >= 0.6 is 0 Å². The zero-order valence-electron chi connectivity index (χ0n) is 16.5. The molecule has 28 heavy (non-hydrogen) atoms. The van der Waals surface area contributed by atoms with Crippen molar-refractivity contribution in [1.29, 1.82) is 0 Å². The predicted octanol–water partition coefficient (Wildman–Crippen LogP) is 2.01. The van der Waals surface area contributed by atoms with Gasteiger partial charge in [-0.15, -0.1) is 0 Å². The second-order valence-electron chi connectivity index (χ2n) is 8.05. The molecule has 1 aromatic heterocycles. The first-order valence-corrected chi connectivity index (χ1v) is 10.3. The van der Waals surface area contributed by atoms with E-state index in [9.17, 15) is 4.79 Å². The third kappa shape index (κ3) is 4.45. The summed E-state index contributed by atoms with van der Waals surface area (Å²) in [6, 6.07) is 9.33. The Bertz CT molecular complexity index is 752. The molecule has 6 heteroatoms. The molecule has 2 aromatic rings. The van der Waals surface area contributed by atoms with E-state index in [1.54, 1.807) is 19.6 Å². The van der Waals surface area contributed by atoms with E-state index in [-0.39, 0.29) is 24.0 Å². The molecule has 0 aliphatic heterocycles. The Morgan fingerprint density at radius 1 is 1.25 bits per heavy atom. The number of carbonyl (C=O) groups is 1. The number of rotatable bonds is 7. The lowest BCUT2D eigenvalue weighted by molar-refractivity contribution is -0.127. The van der Waals surface area contributed by atoms with Gasteiger partial charge in [0.05, 0.1) is 12.4 Å². The SMILES string of the molecule is CO[C@@H]1CC[C@H](C(=O)NCCc2cnc[nH]2)C[C@H]1NC1Cc2ccccc2C1. The minimum Gasteiger partial charge on any atom is -0.380 e. The van der Waals surface area contributed by atoms with Crippen molar-refractivity contribution in [3.8, 4) is 0 Å². The van der Waals surface area contributed by atoms with Crippen LogP contribution in [0, 0.1) is 5.92 Å². The van der Waals surface area contributed by atoms with Gasteiger partial charge in [0.25, 0.3) is 0 Å². The molecule has 1 saturated carbocycles. The first kappa shape index (κ1) is 19.2. The van der Waals surface area contributed by atoms with Crippen LogP contribution in [0.4, 0.5) is 0 Å². The minimum atomic E-state index is 0.0504. The lowest BCUT2D eigenvalue weighted by atomic mass is 9.82. The Morgan fingerprint density at radius 3 is 2.71 bits per heavy atom. The Balaban J connectivity index is 1.30. The number of nitrogens with one attached hydrogen (secondary N) is 3. The van der Waals surface area contributed by atoms with Crippen molar-refractivity contribution in [3.63, 3.8) is 0 Å². The molecule has 1 amide bonds. The van der Waals surface area contributed by atoms with Gasteiger partial charge < -0.3 is 20.4 Å². The number of amides is 1. The molecule has 0 bridgehead atoms. The minimum absolute atomic E-state index is 0.0504. The van der Waals surface area contributed by atoms with Crippen LogP contribution in [0.25, 0.3) is 0 Å². The van der Waals surface area contributed by atoms with Crippen molar-refractivity contribution >= 4 is 5.91 Å². The summed E-state index contributed by atoms with van der Waals surface area (Å²) in [6.07, 6.45) is 9.19. The fourth-order valence-corrected chi connectivity index (χ4v) is 4.70. The topological polar surface area (TPSA) is 79.0 Å². The second kappa shape index (κ2) is 8.88. The van der Waals surface area contributed by atoms with Crippen molar-refractivity contribution in [2.45, 2.75) is 56.7 Å². The molecule has 1 heterocycles. The van der Waals surface area contributed by atoms with E-state index >= 15 is 0 Å². The Morgan fingerprint density at radius 2 is 2.04 bits per heavy atom. The summed E-state index contributed by atoms with van der Waals surface area (Å²) in [5.74, 6) is 0.213. The van der Waals surface area contributed by atoms with Crippen molar-refractivity contribution in [3.05, 3.63) is 53.6 Å². The highest BCUT2D eigenvalue weighted by Gasteiger charge is 2.36. The summed E-state index contributed by atoms with van der Waals surface area (Å²) in [5, 5.41) is 6.91. The van der Waals surface area contributed by atoms with E-state index in [4.69, 9.17) is 4.74 Å². The summed E-state index contributed by atoms with van der Waals surface area (Å²) in [4.78, 5) is 19.8. The number of nitrogens with zero attached hydrogens (tertiary/aromatic N) is 1. The molecule has 4 rings (SSSR count). The third-order valence-electron chi connectivity index (χ3n) is 6.21. The third-order valence-corrected chi connectivity index (χ3v) is 6.21. The maximum absolute atomic E-state index is 12.7.